The van der Waals surface area contributed by atoms with Crippen LogP contribution in [0.4, 0.5) is 13.2 Å². The minimum absolute atomic E-state index is 0.163. The maximum absolute atomic E-state index is 12.7. The van der Waals surface area contributed by atoms with Crippen LogP contribution < -0.4 is 10.6 Å². The van der Waals surface area contributed by atoms with Gasteiger partial charge in [0.2, 0.25) is 0 Å². The zero-order valence-corrected chi connectivity index (χ0v) is 14.3. The first-order chi connectivity index (χ1) is 11.4. The summed E-state index contributed by atoms with van der Waals surface area (Å²) in [6.45, 7) is 5.25. The molecule has 2 rings (SSSR count). The number of hydrogen-bond donors (Lipinski definition) is 2. The maximum Gasteiger partial charge on any atom is 0.416 e. The lowest BCUT2D eigenvalue weighted by atomic mass is 10.1. The van der Waals surface area contributed by atoms with Gasteiger partial charge >= 0.3 is 6.18 Å². The van der Waals surface area contributed by atoms with Crippen LogP contribution >= 0.6 is 11.3 Å². The van der Waals surface area contributed by atoms with E-state index in [4.69, 9.17) is 0 Å². The quantitative estimate of drug-likeness (QED) is 0.634. The second-order valence-electron chi connectivity index (χ2n) is 5.11. The third-order valence-electron chi connectivity index (χ3n) is 3.09. The minimum Gasteiger partial charge on any atom is -0.357 e. The number of nitrogens with one attached hydrogen (secondary N) is 2. The van der Waals surface area contributed by atoms with Crippen LogP contribution in [-0.2, 0) is 19.3 Å². The highest BCUT2D eigenvalue weighted by molar-refractivity contribution is 7.11. The molecule has 0 saturated carbocycles. The predicted molar refractivity (Wildman–Crippen MR) is 90.0 cm³/mol. The summed E-state index contributed by atoms with van der Waals surface area (Å²) in [5, 5.41) is 7.13. The smallest absolute Gasteiger partial charge is 0.357 e. The van der Waals surface area contributed by atoms with E-state index < -0.39 is 11.7 Å². The number of guanidine groups is 1. The Morgan fingerprint density at radius 2 is 2.08 bits per heavy atom. The molecule has 2 aromatic rings. The van der Waals surface area contributed by atoms with Gasteiger partial charge in [0, 0.05) is 17.6 Å². The maximum atomic E-state index is 12.7. The molecule has 4 nitrogen and oxygen atoms in total. The zero-order chi connectivity index (χ0) is 17.6. The first kappa shape index (κ1) is 18.3. The lowest BCUT2D eigenvalue weighted by Gasteiger charge is -2.11. The Labute approximate surface area is 142 Å². The van der Waals surface area contributed by atoms with Crippen molar-refractivity contribution in [1.29, 1.82) is 0 Å². The lowest BCUT2D eigenvalue weighted by molar-refractivity contribution is -0.137. The molecule has 8 heteroatoms. The van der Waals surface area contributed by atoms with Gasteiger partial charge in [-0.1, -0.05) is 12.1 Å². The first-order valence-electron chi connectivity index (χ1n) is 7.48. The van der Waals surface area contributed by atoms with Crippen LogP contribution in [0.25, 0.3) is 0 Å². The van der Waals surface area contributed by atoms with E-state index in [9.17, 15) is 13.2 Å². The van der Waals surface area contributed by atoms with E-state index in [0.29, 0.717) is 24.6 Å². The van der Waals surface area contributed by atoms with Crippen molar-refractivity contribution in [2.75, 3.05) is 6.54 Å². The third kappa shape index (κ3) is 5.52. The molecule has 0 bridgehead atoms. The third-order valence-corrected chi connectivity index (χ3v) is 4.01. The first-order valence-corrected chi connectivity index (χ1v) is 8.29. The van der Waals surface area contributed by atoms with Gasteiger partial charge in [-0.15, -0.1) is 11.3 Å². The molecule has 0 saturated heterocycles. The summed E-state index contributed by atoms with van der Waals surface area (Å²) in [5.74, 6) is 0.544. The molecule has 0 aliphatic rings. The summed E-state index contributed by atoms with van der Waals surface area (Å²) in [6.07, 6.45) is -2.54. The Morgan fingerprint density at radius 3 is 2.71 bits per heavy atom. The molecule has 2 N–H and O–H groups in total. The average Bonchev–Trinajstić information content (AvgIpc) is 2.95. The molecule has 1 heterocycles. The fraction of sp³-hybridized carbons (Fsp3) is 0.375. The molecule has 0 aliphatic carbocycles. The molecule has 0 atom stereocenters. The van der Waals surface area contributed by atoms with E-state index >= 15 is 0 Å². The Morgan fingerprint density at radius 1 is 1.29 bits per heavy atom. The highest BCUT2D eigenvalue weighted by Gasteiger charge is 2.30. The Balaban J connectivity index is 2.02. The Kier molecular flexibility index (Phi) is 6.19. The second kappa shape index (κ2) is 8.14. The van der Waals surface area contributed by atoms with Gasteiger partial charge in [0.15, 0.2) is 5.96 Å². The fourth-order valence-electron chi connectivity index (χ4n) is 2.00. The van der Waals surface area contributed by atoms with Crippen molar-refractivity contribution in [3.05, 3.63) is 51.5 Å². The zero-order valence-electron chi connectivity index (χ0n) is 13.4. The molecule has 0 radical (unpaired) electrons. The number of hydrogen-bond acceptors (Lipinski definition) is 3. The van der Waals surface area contributed by atoms with Crippen LogP contribution in [-0.4, -0.2) is 17.5 Å². The number of alkyl halides is 3. The number of rotatable bonds is 5. The summed E-state index contributed by atoms with van der Waals surface area (Å²) < 4.78 is 38.2. The number of nitrogens with zero attached hydrogens (tertiary/aromatic N) is 2. The molecule has 0 unspecified atom stereocenters. The highest BCUT2D eigenvalue weighted by atomic mass is 32.1. The number of benzene rings is 1. The summed E-state index contributed by atoms with van der Waals surface area (Å²) >= 11 is 1.59. The van der Waals surface area contributed by atoms with Crippen LogP contribution in [0.2, 0.25) is 0 Å². The van der Waals surface area contributed by atoms with Gasteiger partial charge in [0.1, 0.15) is 5.01 Å². The molecule has 0 aliphatic heterocycles. The molecule has 24 heavy (non-hydrogen) atoms. The van der Waals surface area contributed by atoms with Crippen LogP contribution in [0.1, 0.15) is 27.9 Å². The van der Waals surface area contributed by atoms with E-state index in [1.54, 1.807) is 23.6 Å². The van der Waals surface area contributed by atoms with Gasteiger partial charge in [-0.3, -0.25) is 0 Å². The largest absolute Gasteiger partial charge is 0.416 e. The van der Waals surface area contributed by atoms with Crippen LogP contribution in [0, 0.1) is 6.92 Å². The SMILES string of the molecule is CCNC(=NCc1cccc(C(F)(F)F)c1)NCc1ncc(C)s1. The minimum atomic E-state index is -4.34. The second-order valence-corrected chi connectivity index (χ2v) is 6.43. The molecular weight excluding hydrogens is 337 g/mol. The van der Waals surface area contributed by atoms with Crippen molar-refractivity contribution in [3.63, 3.8) is 0 Å². The molecule has 0 spiro atoms. The van der Waals surface area contributed by atoms with E-state index in [-0.39, 0.29) is 6.54 Å². The van der Waals surface area contributed by atoms with Crippen LogP contribution in [0.15, 0.2) is 35.5 Å². The fourth-order valence-corrected chi connectivity index (χ4v) is 2.73. The summed E-state index contributed by atoms with van der Waals surface area (Å²) in [7, 11) is 0. The molecular formula is C16H19F3N4S. The molecule has 1 aromatic carbocycles. The van der Waals surface area contributed by atoms with Gasteiger partial charge < -0.3 is 10.6 Å². The van der Waals surface area contributed by atoms with Crippen LogP contribution in [0.5, 0.6) is 0 Å². The Bertz CT molecular complexity index is 695. The van der Waals surface area contributed by atoms with Crippen molar-refractivity contribution >= 4 is 17.3 Å². The van der Waals surface area contributed by atoms with Gasteiger partial charge in [-0.2, -0.15) is 13.2 Å². The van der Waals surface area contributed by atoms with Crippen molar-refractivity contribution in [1.82, 2.24) is 15.6 Å². The average molecular weight is 356 g/mol. The van der Waals surface area contributed by atoms with Crippen molar-refractivity contribution < 1.29 is 13.2 Å². The number of aliphatic imine (C=N–C) groups is 1. The van der Waals surface area contributed by atoms with Gasteiger partial charge in [0.25, 0.3) is 0 Å². The summed E-state index contributed by atoms with van der Waals surface area (Å²) in [5.41, 5.74) is -0.154. The molecule has 0 amide bonds. The number of aromatic nitrogens is 1. The summed E-state index contributed by atoms with van der Waals surface area (Å²) in [6, 6.07) is 5.21. The standard InChI is InChI=1S/C16H19F3N4S/c1-3-20-15(23-10-14-21-8-11(2)24-14)22-9-12-5-4-6-13(7-12)16(17,18)19/h4-8H,3,9-10H2,1-2H3,(H2,20,22,23). The van der Waals surface area contributed by atoms with Gasteiger partial charge in [-0.05, 0) is 31.5 Å². The topological polar surface area (TPSA) is 49.3 Å². The monoisotopic (exact) mass is 356 g/mol. The van der Waals surface area contributed by atoms with E-state index in [2.05, 4.69) is 20.6 Å². The van der Waals surface area contributed by atoms with Crippen molar-refractivity contribution in [3.8, 4) is 0 Å². The van der Waals surface area contributed by atoms with Crippen LogP contribution in [0.3, 0.4) is 0 Å². The highest BCUT2D eigenvalue weighted by Crippen LogP contribution is 2.29. The van der Waals surface area contributed by atoms with E-state index in [0.717, 1.165) is 22.0 Å². The summed E-state index contributed by atoms with van der Waals surface area (Å²) in [4.78, 5) is 9.71. The van der Waals surface area contributed by atoms with Gasteiger partial charge in [0.05, 0.1) is 18.7 Å². The molecule has 1 aromatic heterocycles. The molecule has 0 fully saturated rings. The normalized spacial score (nSPS) is 12.3. The van der Waals surface area contributed by atoms with Gasteiger partial charge in [-0.25, -0.2) is 9.98 Å². The Hall–Kier alpha value is -2.09. The molecule has 130 valence electrons. The number of thiazole rings is 1. The number of aryl methyl sites for hydroxylation is 1. The van der Waals surface area contributed by atoms with Crippen molar-refractivity contribution in [2.45, 2.75) is 33.1 Å². The van der Waals surface area contributed by atoms with Crippen molar-refractivity contribution in [2.24, 2.45) is 4.99 Å². The van der Waals surface area contributed by atoms with E-state index in [1.807, 2.05) is 13.8 Å². The predicted octanol–water partition coefficient (Wildman–Crippen LogP) is 3.73. The number of halogens is 3. The van der Waals surface area contributed by atoms with E-state index in [1.165, 1.54) is 6.07 Å². The lowest BCUT2D eigenvalue weighted by Crippen LogP contribution is -2.36.